The molecule has 2 aliphatic carbocycles. The van der Waals surface area contributed by atoms with Crippen LogP contribution in [0, 0.1) is 0 Å². The van der Waals surface area contributed by atoms with Crippen molar-refractivity contribution in [2.75, 3.05) is 14.2 Å². The topological polar surface area (TPSA) is 69.7 Å². The maximum atomic E-state index is 12.5. The molecule has 0 saturated carbocycles. The van der Waals surface area contributed by atoms with Gasteiger partial charge in [-0.1, -0.05) is 11.6 Å². The molecule has 0 amide bonds. The van der Waals surface area contributed by atoms with E-state index in [4.69, 9.17) is 9.47 Å². The summed E-state index contributed by atoms with van der Waals surface area (Å²) in [4.78, 5) is 36.8. The molecule has 24 heavy (non-hydrogen) atoms. The molecule has 0 spiro atoms. The Bertz CT molecular complexity index is 785. The van der Waals surface area contributed by atoms with Crippen molar-refractivity contribution in [3.63, 3.8) is 0 Å². The molecule has 0 atom stereocenters. The van der Waals surface area contributed by atoms with Crippen molar-refractivity contribution in [3.8, 4) is 0 Å². The normalized spacial score (nSPS) is 18.0. The van der Waals surface area contributed by atoms with Crippen LogP contribution in [0.3, 0.4) is 0 Å². The smallest absolute Gasteiger partial charge is 0.339 e. The summed E-state index contributed by atoms with van der Waals surface area (Å²) in [5, 5.41) is 0. The lowest BCUT2D eigenvalue weighted by Gasteiger charge is -2.18. The predicted octanol–water partition coefficient (Wildman–Crippen LogP) is 2.75. The summed E-state index contributed by atoms with van der Waals surface area (Å²) in [7, 11) is 2.51. The minimum absolute atomic E-state index is 0.0429. The van der Waals surface area contributed by atoms with E-state index in [1.54, 1.807) is 19.1 Å². The lowest BCUT2D eigenvalue weighted by atomic mass is 9.86. The van der Waals surface area contributed by atoms with E-state index in [0.717, 1.165) is 16.7 Å². The minimum atomic E-state index is -0.642. The molecular weight excluding hydrogens is 308 g/mol. The van der Waals surface area contributed by atoms with Crippen molar-refractivity contribution in [2.24, 2.45) is 0 Å². The van der Waals surface area contributed by atoms with E-state index in [2.05, 4.69) is 0 Å². The third-order valence-corrected chi connectivity index (χ3v) is 4.10. The number of allylic oxidation sites excluding steroid dienone is 8. The van der Waals surface area contributed by atoms with E-state index in [1.807, 2.05) is 13.8 Å². The van der Waals surface area contributed by atoms with Crippen molar-refractivity contribution in [1.82, 2.24) is 0 Å². The average molecular weight is 328 g/mol. The van der Waals surface area contributed by atoms with Crippen molar-refractivity contribution in [2.45, 2.75) is 27.2 Å². The highest BCUT2D eigenvalue weighted by Gasteiger charge is 2.32. The zero-order chi connectivity index (χ0) is 18.0. The first-order chi connectivity index (χ1) is 11.3. The van der Waals surface area contributed by atoms with E-state index in [0.29, 0.717) is 11.1 Å². The Balaban J connectivity index is 2.95. The van der Waals surface area contributed by atoms with Crippen molar-refractivity contribution in [1.29, 1.82) is 0 Å². The van der Waals surface area contributed by atoms with Gasteiger partial charge in [0.1, 0.15) is 0 Å². The van der Waals surface area contributed by atoms with E-state index in [9.17, 15) is 14.4 Å². The van der Waals surface area contributed by atoms with Gasteiger partial charge < -0.3 is 9.47 Å². The fourth-order valence-electron chi connectivity index (χ4n) is 3.08. The number of carbonyl (C=O) groups excluding carboxylic acids is 3. The molecule has 0 aromatic heterocycles. The highest BCUT2D eigenvalue weighted by Crippen LogP contribution is 2.39. The largest absolute Gasteiger partial charge is 0.465 e. The molecule has 5 nitrogen and oxygen atoms in total. The highest BCUT2D eigenvalue weighted by molar-refractivity contribution is 6.10. The molecule has 0 unspecified atom stereocenters. The van der Waals surface area contributed by atoms with Gasteiger partial charge in [0.15, 0.2) is 5.78 Å². The molecule has 0 aliphatic heterocycles. The summed E-state index contributed by atoms with van der Waals surface area (Å²) in [6.07, 6.45) is 5.08. The molecule has 0 saturated heterocycles. The quantitative estimate of drug-likeness (QED) is 0.729. The minimum Gasteiger partial charge on any atom is -0.465 e. The molecule has 0 fully saturated rings. The molecule has 0 radical (unpaired) electrons. The third kappa shape index (κ3) is 3.02. The van der Waals surface area contributed by atoms with Gasteiger partial charge in [0.25, 0.3) is 0 Å². The number of carbonyl (C=O) groups is 3. The molecule has 2 rings (SSSR count). The van der Waals surface area contributed by atoms with Gasteiger partial charge in [-0.2, -0.15) is 0 Å². The van der Waals surface area contributed by atoms with Crippen molar-refractivity contribution >= 4 is 17.7 Å². The summed E-state index contributed by atoms with van der Waals surface area (Å²) in [6.45, 7) is 5.49. The van der Waals surface area contributed by atoms with Crippen LogP contribution in [-0.4, -0.2) is 31.9 Å². The van der Waals surface area contributed by atoms with Crippen LogP contribution in [-0.2, 0) is 23.9 Å². The third-order valence-electron chi connectivity index (χ3n) is 4.10. The summed E-state index contributed by atoms with van der Waals surface area (Å²) in [6, 6.07) is 0. The molecule has 2 aliphatic rings. The number of hydrogen-bond donors (Lipinski definition) is 0. The van der Waals surface area contributed by atoms with Gasteiger partial charge in [0.05, 0.1) is 25.4 Å². The molecule has 0 aromatic carbocycles. The Morgan fingerprint density at radius 3 is 2.12 bits per heavy atom. The van der Waals surface area contributed by atoms with Crippen LogP contribution >= 0.6 is 0 Å². The van der Waals surface area contributed by atoms with Crippen LogP contribution in [0.4, 0.5) is 0 Å². The molecule has 0 bridgehead atoms. The van der Waals surface area contributed by atoms with Crippen LogP contribution in [0.5, 0.6) is 0 Å². The summed E-state index contributed by atoms with van der Waals surface area (Å²) in [5.74, 6) is -1.31. The summed E-state index contributed by atoms with van der Waals surface area (Å²) >= 11 is 0. The van der Waals surface area contributed by atoms with Crippen LogP contribution in [0.15, 0.2) is 57.2 Å². The summed E-state index contributed by atoms with van der Waals surface area (Å²) in [5.41, 5.74) is 3.91. The Hall–Kier alpha value is -2.69. The van der Waals surface area contributed by atoms with E-state index in [1.165, 1.54) is 20.3 Å². The van der Waals surface area contributed by atoms with Gasteiger partial charge in [-0.25, -0.2) is 9.59 Å². The van der Waals surface area contributed by atoms with Gasteiger partial charge in [-0.05, 0) is 49.6 Å². The number of ketones is 1. The SMILES string of the molecule is COC(=O)C1=CC=C(C)C2=C(C)CC(=O)C=C(C)C2=C1C(=O)OC. The number of rotatable bonds is 2. The van der Waals surface area contributed by atoms with E-state index >= 15 is 0 Å². The van der Waals surface area contributed by atoms with Crippen LogP contribution in [0.25, 0.3) is 0 Å². The standard InChI is InChI=1S/C19H20O5/c1-10-6-7-14(18(21)23-4)17(19(22)24-5)16-12(3)9-13(20)8-11(2)15(10)16/h6-7,9H,8H2,1-5H3. The number of ether oxygens (including phenoxy) is 2. The first-order valence-corrected chi connectivity index (χ1v) is 7.53. The van der Waals surface area contributed by atoms with Gasteiger partial charge in [-0.3, -0.25) is 4.79 Å². The first kappa shape index (κ1) is 17.7. The molecular formula is C19H20O5. The Labute approximate surface area is 141 Å². The van der Waals surface area contributed by atoms with Crippen LogP contribution in [0.2, 0.25) is 0 Å². The van der Waals surface area contributed by atoms with Gasteiger partial charge in [-0.15, -0.1) is 0 Å². The van der Waals surface area contributed by atoms with Crippen LogP contribution in [0.1, 0.15) is 27.2 Å². The number of fused-ring (bicyclic) bond motifs is 1. The number of esters is 2. The lowest BCUT2D eigenvalue weighted by molar-refractivity contribution is -0.139. The second kappa shape index (κ2) is 6.83. The molecule has 0 N–H and O–H groups in total. The van der Waals surface area contributed by atoms with Gasteiger partial charge in [0.2, 0.25) is 0 Å². The average Bonchev–Trinajstić information content (AvgIpc) is 2.75. The number of hydrogen-bond acceptors (Lipinski definition) is 5. The molecule has 126 valence electrons. The second-order valence-electron chi connectivity index (χ2n) is 5.79. The Kier molecular flexibility index (Phi) is 5.02. The lowest BCUT2D eigenvalue weighted by Crippen LogP contribution is -2.17. The predicted molar refractivity (Wildman–Crippen MR) is 89.0 cm³/mol. The van der Waals surface area contributed by atoms with Gasteiger partial charge >= 0.3 is 11.9 Å². The van der Waals surface area contributed by atoms with Gasteiger partial charge in [0, 0.05) is 12.0 Å². The Morgan fingerprint density at radius 2 is 1.54 bits per heavy atom. The van der Waals surface area contributed by atoms with E-state index < -0.39 is 11.9 Å². The summed E-state index contributed by atoms with van der Waals surface area (Å²) < 4.78 is 9.72. The highest BCUT2D eigenvalue weighted by atomic mass is 16.5. The molecule has 0 heterocycles. The molecule has 0 aromatic rings. The van der Waals surface area contributed by atoms with Crippen molar-refractivity contribution in [3.05, 3.63) is 57.2 Å². The zero-order valence-electron chi connectivity index (χ0n) is 14.5. The zero-order valence-corrected chi connectivity index (χ0v) is 14.5. The van der Waals surface area contributed by atoms with E-state index in [-0.39, 0.29) is 23.4 Å². The fourth-order valence-corrected chi connectivity index (χ4v) is 3.08. The first-order valence-electron chi connectivity index (χ1n) is 7.53. The second-order valence-corrected chi connectivity index (χ2v) is 5.79. The van der Waals surface area contributed by atoms with Crippen LogP contribution < -0.4 is 0 Å². The maximum absolute atomic E-state index is 12.5. The van der Waals surface area contributed by atoms with Crippen molar-refractivity contribution < 1.29 is 23.9 Å². The monoisotopic (exact) mass is 328 g/mol. The fraction of sp³-hybridized carbons (Fsp3) is 0.316. The molecule has 5 heteroatoms. The Morgan fingerprint density at radius 1 is 0.917 bits per heavy atom. The number of methoxy groups -OCH3 is 2. The maximum Gasteiger partial charge on any atom is 0.339 e.